The first kappa shape index (κ1) is 13.1. The van der Waals surface area contributed by atoms with E-state index in [0.717, 1.165) is 12.2 Å². The highest BCUT2D eigenvalue weighted by atomic mass is 16.5. The third kappa shape index (κ3) is 4.28. The Kier molecular flexibility index (Phi) is 4.44. The first-order valence-corrected chi connectivity index (χ1v) is 5.57. The van der Waals surface area contributed by atoms with E-state index < -0.39 is 0 Å². The van der Waals surface area contributed by atoms with Gasteiger partial charge in [0.15, 0.2) is 0 Å². The Balaban J connectivity index is 2.51. The average Bonchev–Trinajstić information content (AvgIpc) is 2.62. The molecule has 0 saturated heterocycles. The van der Waals surface area contributed by atoms with Crippen molar-refractivity contribution in [2.45, 2.75) is 45.8 Å². The molecule has 1 rings (SSSR count). The molecule has 1 aromatic heterocycles. The first-order valence-electron chi connectivity index (χ1n) is 5.57. The van der Waals surface area contributed by atoms with Crippen LogP contribution in [0, 0.1) is 0 Å². The number of methoxy groups -OCH3 is 1. The van der Waals surface area contributed by atoms with Crippen LogP contribution >= 0.6 is 0 Å². The van der Waals surface area contributed by atoms with E-state index in [1.54, 1.807) is 7.11 Å². The van der Waals surface area contributed by atoms with Crippen molar-refractivity contribution < 1.29 is 4.74 Å². The molecule has 5 heteroatoms. The van der Waals surface area contributed by atoms with Gasteiger partial charge in [0.1, 0.15) is 0 Å². The predicted molar refractivity (Wildman–Crippen MR) is 63.2 cm³/mol. The second-order valence-electron chi connectivity index (χ2n) is 5.10. The molecule has 0 aliphatic carbocycles. The highest BCUT2D eigenvalue weighted by Gasteiger charge is 2.11. The molecule has 1 aromatic rings. The van der Waals surface area contributed by atoms with E-state index in [4.69, 9.17) is 4.74 Å². The molecule has 0 aliphatic rings. The number of hydrogen-bond acceptors (Lipinski definition) is 4. The summed E-state index contributed by atoms with van der Waals surface area (Å²) in [7, 11) is 1.69. The van der Waals surface area contributed by atoms with Crippen LogP contribution in [0.15, 0.2) is 6.20 Å². The molecule has 0 aliphatic heterocycles. The molecular formula is C11H22N4O. The van der Waals surface area contributed by atoms with Crippen molar-refractivity contribution in [3.05, 3.63) is 11.9 Å². The van der Waals surface area contributed by atoms with Crippen molar-refractivity contribution >= 4 is 0 Å². The standard InChI is InChI=1S/C11H22N4O/c1-9(8-16-5)15-7-10(13-14-15)6-12-11(2,3)4/h7,9,12H,6,8H2,1-5H3. The van der Waals surface area contributed by atoms with Gasteiger partial charge in [0.05, 0.1) is 24.5 Å². The maximum absolute atomic E-state index is 5.08. The van der Waals surface area contributed by atoms with Crippen LogP contribution in [0.25, 0.3) is 0 Å². The van der Waals surface area contributed by atoms with Crippen LogP contribution in [0.4, 0.5) is 0 Å². The fourth-order valence-corrected chi connectivity index (χ4v) is 1.28. The lowest BCUT2D eigenvalue weighted by Gasteiger charge is -2.19. The van der Waals surface area contributed by atoms with Crippen LogP contribution < -0.4 is 5.32 Å². The molecule has 16 heavy (non-hydrogen) atoms. The molecule has 1 heterocycles. The van der Waals surface area contributed by atoms with Crippen LogP contribution in [-0.4, -0.2) is 34.2 Å². The van der Waals surface area contributed by atoms with Crippen molar-refractivity contribution in [2.75, 3.05) is 13.7 Å². The Bertz CT molecular complexity index is 316. The summed E-state index contributed by atoms with van der Waals surface area (Å²) in [5, 5.41) is 11.6. The molecule has 1 atom stereocenters. The smallest absolute Gasteiger partial charge is 0.0965 e. The van der Waals surface area contributed by atoms with E-state index in [-0.39, 0.29) is 11.6 Å². The van der Waals surface area contributed by atoms with Crippen molar-refractivity contribution in [3.63, 3.8) is 0 Å². The summed E-state index contributed by atoms with van der Waals surface area (Å²) in [5.74, 6) is 0. The summed E-state index contributed by atoms with van der Waals surface area (Å²) in [6, 6.07) is 0.223. The van der Waals surface area contributed by atoms with E-state index >= 15 is 0 Å². The van der Waals surface area contributed by atoms with Crippen molar-refractivity contribution in [3.8, 4) is 0 Å². The second-order valence-corrected chi connectivity index (χ2v) is 5.10. The summed E-state index contributed by atoms with van der Waals surface area (Å²) in [4.78, 5) is 0. The minimum absolute atomic E-state index is 0.0991. The lowest BCUT2D eigenvalue weighted by Crippen LogP contribution is -2.35. The van der Waals surface area contributed by atoms with Gasteiger partial charge in [0.25, 0.3) is 0 Å². The predicted octanol–water partition coefficient (Wildman–Crippen LogP) is 1.37. The molecule has 1 N–H and O–H groups in total. The third-order valence-electron chi connectivity index (χ3n) is 2.22. The molecule has 0 amide bonds. The number of rotatable bonds is 5. The SMILES string of the molecule is COCC(C)n1cc(CNC(C)(C)C)nn1. The number of nitrogens with zero attached hydrogens (tertiary/aromatic N) is 3. The molecule has 0 aromatic carbocycles. The summed E-state index contributed by atoms with van der Waals surface area (Å²) >= 11 is 0. The van der Waals surface area contributed by atoms with E-state index in [0.29, 0.717) is 6.61 Å². The monoisotopic (exact) mass is 226 g/mol. The summed E-state index contributed by atoms with van der Waals surface area (Å²) in [6.45, 7) is 9.83. The van der Waals surface area contributed by atoms with Gasteiger partial charge in [-0.3, -0.25) is 0 Å². The number of hydrogen-bond donors (Lipinski definition) is 1. The molecular weight excluding hydrogens is 204 g/mol. The molecule has 0 bridgehead atoms. The Morgan fingerprint density at radius 3 is 2.75 bits per heavy atom. The van der Waals surface area contributed by atoms with E-state index in [1.807, 2.05) is 10.9 Å². The molecule has 0 fully saturated rings. The maximum atomic E-state index is 5.08. The van der Waals surface area contributed by atoms with Gasteiger partial charge in [0.2, 0.25) is 0 Å². The lowest BCUT2D eigenvalue weighted by molar-refractivity contribution is 0.156. The van der Waals surface area contributed by atoms with Crippen molar-refractivity contribution in [2.24, 2.45) is 0 Å². The Labute approximate surface area is 97.2 Å². The number of aromatic nitrogens is 3. The summed E-state index contributed by atoms with van der Waals surface area (Å²) in [5.41, 5.74) is 1.06. The van der Waals surface area contributed by atoms with Gasteiger partial charge >= 0.3 is 0 Å². The van der Waals surface area contributed by atoms with Gasteiger partial charge in [-0.1, -0.05) is 5.21 Å². The van der Waals surface area contributed by atoms with Crippen LogP contribution in [0.1, 0.15) is 39.4 Å². The molecule has 0 saturated carbocycles. The van der Waals surface area contributed by atoms with Gasteiger partial charge < -0.3 is 10.1 Å². The maximum Gasteiger partial charge on any atom is 0.0965 e. The quantitative estimate of drug-likeness (QED) is 0.824. The molecule has 0 spiro atoms. The number of nitrogens with one attached hydrogen (secondary N) is 1. The fraction of sp³-hybridized carbons (Fsp3) is 0.818. The zero-order chi connectivity index (χ0) is 12.2. The van der Waals surface area contributed by atoms with Crippen molar-refractivity contribution in [1.82, 2.24) is 20.3 Å². The second kappa shape index (κ2) is 5.41. The van der Waals surface area contributed by atoms with Crippen LogP contribution in [0.2, 0.25) is 0 Å². The average molecular weight is 226 g/mol. The zero-order valence-electron chi connectivity index (χ0n) is 10.8. The van der Waals surface area contributed by atoms with Crippen LogP contribution in [-0.2, 0) is 11.3 Å². The summed E-state index contributed by atoms with van der Waals surface area (Å²) < 4.78 is 6.91. The molecule has 1 unspecified atom stereocenters. The highest BCUT2D eigenvalue weighted by molar-refractivity contribution is 4.94. The minimum atomic E-state index is 0.0991. The topological polar surface area (TPSA) is 52.0 Å². The normalized spacial score (nSPS) is 14.1. The third-order valence-corrected chi connectivity index (χ3v) is 2.22. The van der Waals surface area contributed by atoms with Crippen LogP contribution in [0.3, 0.4) is 0 Å². The minimum Gasteiger partial charge on any atom is -0.382 e. The lowest BCUT2D eigenvalue weighted by atomic mass is 10.1. The largest absolute Gasteiger partial charge is 0.382 e. The van der Waals surface area contributed by atoms with E-state index in [9.17, 15) is 0 Å². The highest BCUT2D eigenvalue weighted by Crippen LogP contribution is 2.06. The van der Waals surface area contributed by atoms with E-state index in [1.165, 1.54) is 0 Å². The molecule has 0 radical (unpaired) electrons. The zero-order valence-corrected chi connectivity index (χ0v) is 10.8. The van der Waals surface area contributed by atoms with Gasteiger partial charge in [-0.15, -0.1) is 5.10 Å². The van der Waals surface area contributed by atoms with Gasteiger partial charge in [0, 0.05) is 19.2 Å². The van der Waals surface area contributed by atoms with Gasteiger partial charge in [-0.05, 0) is 27.7 Å². The molecule has 5 nitrogen and oxygen atoms in total. The summed E-state index contributed by atoms with van der Waals surface area (Å²) in [6.07, 6.45) is 1.96. The Morgan fingerprint density at radius 2 is 2.19 bits per heavy atom. The Morgan fingerprint density at radius 1 is 1.50 bits per heavy atom. The van der Waals surface area contributed by atoms with Gasteiger partial charge in [-0.2, -0.15) is 0 Å². The van der Waals surface area contributed by atoms with Crippen molar-refractivity contribution in [1.29, 1.82) is 0 Å². The Hall–Kier alpha value is -0.940. The van der Waals surface area contributed by atoms with Crippen LogP contribution in [0.5, 0.6) is 0 Å². The first-order chi connectivity index (χ1) is 7.42. The van der Waals surface area contributed by atoms with E-state index in [2.05, 4.69) is 43.3 Å². The fourth-order valence-electron chi connectivity index (χ4n) is 1.28. The van der Waals surface area contributed by atoms with Gasteiger partial charge in [-0.25, -0.2) is 4.68 Å². The number of ether oxygens (including phenoxy) is 1. The molecule has 92 valence electrons.